The van der Waals surface area contributed by atoms with Crippen LogP contribution in [0.4, 0.5) is 17.1 Å². The number of methoxy groups -OCH3 is 1. The summed E-state index contributed by atoms with van der Waals surface area (Å²) in [6, 6.07) is 20.2. The number of thiocarbonyl (C=S) groups is 1. The smallest absolute Gasteiger partial charge is 0.270 e. The maximum atomic E-state index is 12.0. The van der Waals surface area contributed by atoms with Crippen molar-refractivity contribution in [3.63, 3.8) is 0 Å². The van der Waals surface area contributed by atoms with Gasteiger partial charge in [-0.3, -0.25) is 19.9 Å². The monoisotopic (exact) mass is 543 g/mol. The van der Waals surface area contributed by atoms with Gasteiger partial charge in [-0.05, 0) is 48.6 Å². The highest BCUT2D eigenvalue weighted by atomic mass is 32.1. The van der Waals surface area contributed by atoms with Crippen LogP contribution in [-0.4, -0.2) is 28.0 Å². The van der Waals surface area contributed by atoms with Crippen LogP contribution in [0.2, 0.25) is 0 Å². The number of aromatic nitrogens is 1. The summed E-state index contributed by atoms with van der Waals surface area (Å²) < 4.78 is 11.9. The predicted octanol–water partition coefficient (Wildman–Crippen LogP) is 5.78. The first-order chi connectivity index (χ1) is 18.9. The lowest BCUT2D eigenvalue weighted by atomic mass is 10.0. The molecule has 5 rings (SSSR count). The number of ether oxygens (including phenoxy) is 1. The van der Waals surface area contributed by atoms with E-state index in [2.05, 4.69) is 15.6 Å². The Balaban J connectivity index is 1.57. The molecule has 2 aromatic carbocycles. The molecule has 2 N–H and O–H groups in total. The minimum Gasteiger partial charge on any atom is -0.494 e. The number of nitrogens with zero attached hydrogens (tertiary/aromatic N) is 3. The average molecular weight is 544 g/mol. The van der Waals surface area contributed by atoms with Crippen LogP contribution in [0.15, 0.2) is 83.4 Å². The Labute approximate surface area is 229 Å². The Hall–Kier alpha value is -4.77. The second kappa shape index (κ2) is 10.9. The number of nitrogens with one attached hydrogen (secondary N) is 2. The maximum absolute atomic E-state index is 12.0. The van der Waals surface area contributed by atoms with Crippen LogP contribution < -0.4 is 20.3 Å². The van der Waals surface area contributed by atoms with E-state index in [4.69, 9.17) is 21.4 Å². The van der Waals surface area contributed by atoms with E-state index in [0.29, 0.717) is 40.1 Å². The standard InChI is InChI=1S/C28H25N5O5S/c1-3-25(34)30-20-11-10-18(16-24(20)37-2)32-27(26(31-28(32)39)21-9-4-5-14-29-21)23-13-12-22(38-23)17-7-6-8-19(15-17)33(35)36/h4-16,26-27H,3H2,1-2H3,(H,30,34)(H,31,39)/t26-,27+/m1/s1. The summed E-state index contributed by atoms with van der Waals surface area (Å²) in [6.45, 7) is 1.78. The number of furan rings is 1. The Kier molecular flexibility index (Phi) is 7.24. The molecule has 0 unspecified atom stereocenters. The highest BCUT2D eigenvalue weighted by molar-refractivity contribution is 7.80. The average Bonchev–Trinajstić information content (AvgIpc) is 3.58. The largest absolute Gasteiger partial charge is 0.494 e. The second-order valence-corrected chi connectivity index (χ2v) is 9.18. The number of hydrogen-bond acceptors (Lipinski definition) is 7. The fourth-order valence-corrected chi connectivity index (χ4v) is 4.88. The quantitative estimate of drug-likeness (QED) is 0.162. The van der Waals surface area contributed by atoms with Crippen molar-refractivity contribution >= 4 is 40.3 Å². The van der Waals surface area contributed by atoms with E-state index in [9.17, 15) is 14.9 Å². The zero-order chi connectivity index (χ0) is 27.5. The van der Waals surface area contributed by atoms with Crippen molar-refractivity contribution in [1.82, 2.24) is 10.3 Å². The van der Waals surface area contributed by atoms with Crippen molar-refractivity contribution in [3.05, 3.63) is 101 Å². The lowest BCUT2D eigenvalue weighted by molar-refractivity contribution is -0.384. The summed E-state index contributed by atoms with van der Waals surface area (Å²) in [6.07, 6.45) is 2.05. The first-order valence-corrected chi connectivity index (χ1v) is 12.6. The fourth-order valence-electron chi connectivity index (χ4n) is 4.53. The zero-order valence-corrected chi connectivity index (χ0v) is 22.0. The van der Waals surface area contributed by atoms with Crippen LogP contribution in [-0.2, 0) is 4.79 Å². The molecule has 11 heteroatoms. The van der Waals surface area contributed by atoms with E-state index in [0.717, 1.165) is 11.4 Å². The normalized spacial score (nSPS) is 16.6. The van der Waals surface area contributed by atoms with E-state index >= 15 is 0 Å². The van der Waals surface area contributed by atoms with Gasteiger partial charge >= 0.3 is 0 Å². The van der Waals surface area contributed by atoms with Gasteiger partial charge < -0.3 is 24.7 Å². The van der Waals surface area contributed by atoms with Crippen LogP contribution in [0.25, 0.3) is 11.3 Å². The Morgan fingerprint density at radius 3 is 2.74 bits per heavy atom. The first-order valence-electron chi connectivity index (χ1n) is 12.2. The molecular formula is C28H25N5O5S. The fraction of sp³-hybridized carbons (Fsp3) is 0.179. The Morgan fingerprint density at radius 2 is 2.03 bits per heavy atom. The minimum absolute atomic E-state index is 0.0236. The lowest BCUT2D eigenvalue weighted by Gasteiger charge is -2.27. The molecule has 39 heavy (non-hydrogen) atoms. The number of pyridine rings is 1. The van der Waals surface area contributed by atoms with Gasteiger partial charge in [0.2, 0.25) is 5.91 Å². The molecule has 0 saturated carbocycles. The Morgan fingerprint density at radius 1 is 1.18 bits per heavy atom. The molecule has 1 amide bonds. The SMILES string of the molecule is CCC(=O)Nc1ccc(N2C(=S)N[C@H](c3ccccn3)[C@@H]2c2ccc(-c3cccc([N+](=O)[O-])c3)o2)cc1OC. The molecule has 0 bridgehead atoms. The van der Waals surface area contributed by atoms with Crippen molar-refractivity contribution < 1.29 is 18.9 Å². The van der Waals surface area contributed by atoms with Crippen LogP contribution in [0.1, 0.15) is 36.9 Å². The Bertz CT molecular complexity index is 1540. The third kappa shape index (κ3) is 5.16. The molecule has 1 saturated heterocycles. The molecule has 4 aromatic rings. The van der Waals surface area contributed by atoms with Gasteiger partial charge in [0.25, 0.3) is 5.69 Å². The molecule has 0 radical (unpaired) electrons. The van der Waals surface area contributed by atoms with Crippen LogP contribution in [0.5, 0.6) is 5.75 Å². The maximum Gasteiger partial charge on any atom is 0.270 e. The third-order valence-electron chi connectivity index (χ3n) is 6.42. The molecule has 3 heterocycles. The van der Waals surface area contributed by atoms with Crippen LogP contribution in [0, 0.1) is 10.1 Å². The molecule has 0 spiro atoms. The topological polar surface area (TPSA) is 123 Å². The van der Waals surface area contributed by atoms with E-state index in [-0.39, 0.29) is 17.6 Å². The summed E-state index contributed by atoms with van der Waals surface area (Å²) in [5.41, 5.74) is 2.59. The number of anilines is 2. The molecule has 2 aromatic heterocycles. The number of rotatable bonds is 8. The van der Waals surface area contributed by atoms with Gasteiger partial charge in [-0.15, -0.1) is 0 Å². The molecule has 1 aliphatic heterocycles. The number of nitro benzene ring substituents is 1. The minimum atomic E-state index is -0.444. The predicted molar refractivity (Wildman–Crippen MR) is 151 cm³/mol. The lowest BCUT2D eigenvalue weighted by Crippen LogP contribution is -2.29. The molecule has 10 nitrogen and oxygen atoms in total. The summed E-state index contributed by atoms with van der Waals surface area (Å²) in [5, 5.41) is 18.0. The summed E-state index contributed by atoms with van der Waals surface area (Å²) in [4.78, 5) is 29.3. The first kappa shape index (κ1) is 25.9. The van der Waals surface area contributed by atoms with Crippen molar-refractivity contribution in [2.24, 2.45) is 0 Å². The van der Waals surface area contributed by atoms with E-state index in [1.165, 1.54) is 19.2 Å². The van der Waals surface area contributed by atoms with Gasteiger partial charge in [-0.2, -0.15) is 0 Å². The molecule has 1 aliphatic rings. The van der Waals surface area contributed by atoms with Gasteiger partial charge in [0, 0.05) is 42.1 Å². The number of nitro groups is 1. The molecular weight excluding hydrogens is 518 g/mol. The number of hydrogen-bond donors (Lipinski definition) is 2. The van der Waals surface area contributed by atoms with Gasteiger partial charge in [-0.25, -0.2) is 0 Å². The van der Waals surface area contributed by atoms with Gasteiger partial charge in [-0.1, -0.05) is 25.1 Å². The number of carbonyl (C=O) groups excluding carboxylic acids is 1. The highest BCUT2D eigenvalue weighted by Gasteiger charge is 2.43. The van der Waals surface area contributed by atoms with Crippen LogP contribution in [0.3, 0.4) is 0 Å². The molecule has 198 valence electrons. The highest BCUT2D eigenvalue weighted by Crippen LogP contribution is 2.44. The van der Waals surface area contributed by atoms with Gasteiger partial charge in [0.1, 0.15) is 23.3 Å². The second-order valence-electron chi connectivity index (χ2n) is 8.79. The third-order valence-corrected chi connectivity index (χ3v) is 6.73. The zero-order valence-electron chi connectivity index (χ0n) is 21.2. The van der Waals surface area contributed by atoms with Gasteiger partial charge in [0.05, 0.1) is 29.5 Å². The van der Waals surface area contributed by atoms with Crippen molar-refractivity contribution in [1.29, 1.82) is 0 Å². The summed E-state index contributed by atoms with van der Waals surface area (Å²) in [5.74, 6) is 1.42. The summed E-state index contributed by atoms with van der Waals surface area (Å²) >= 11 is 5.78. The van der Waals surface area contributed by atoms with Gasteiger partial charge in [0.15, 0.2) is 5.11 Å². The van der Waals surface area contributed by atoms with E-state index in [1.54, 1.807) is 43.5 Å². The number of amides is 1. The molecule has 0 aliphatic carbocycles. The number of benzene rings is 2. The van der Waals surface area contributed by atoms with Crippen molar-refractivity contribution in [2.75, 3.05) is 17.3 Å². The van der Waals surface area contributed by atoms with Crippen molar-refractivity contribution in [2.45, 2.75) is 25.4 Å². The van der Waals surface area contributed by atoms with E-state index < -0.39 is 11.0 Å². The summed E-state index contributed by atoms with van der Waals surface area (Å²) in [7, 11) is 1.54. The van der Waals surface area contributed by atoms with E-state index in [1.807, 2.05) is 35.2 Å². The number of carbonyl (C=O) groups is 1. The molecule has 1 fully saturated rings. The van der Waals surface area contributed by atoms with Crippen LogP contribution >= 0.6 is 12.2 Å². The molecule has 2 atom stereocenters. The number of non-ortho nitro benzene ring substituents is 1. The van der Waals surface area contributed by atoms with Crippen molar-refractivity contribution in [3.8, 4) is 17.1 Å².